The average Bonchev–Trinajstić information content (AvgIpc) is 2.96. The first-order chi connectivity index (χ1) is 9.29. The molecule has 0 unspecified atom stereocenters. The van der Waals surface area contributed by atoms with E-state index in [1.54, 1.807) is 18.0 Å². The van der Waals surface area contributed by atoms with Gasteiger partial charge in [0.2, 0.25) is 0 Å². The maximum Gasteiger partial charge on any atom is 0.138 e. The van der Waals surface area contributed by atoms with Crippen molar-refractivity contribution >= 4 is 17.4 Å². The van der Waals surface area contributed by atoms with Crippen LogP contribution in [-0.2, 0) is 6.54 Å². The van der Waals surface area contributed by atoms with Crippen molar-refractivity contribution in [1.29, 1.82) is 0 Å². The molecule has 0 amide bonds. The molecule has 1 N–H and O–H groups in total. The number of nitrogens with zero attached hydrogens (tertiary/aromatic N) is 2. The molecule has 0 fully saturated rings. The molecule has 0 aliphatic carbocycles. The summed E-state index contributed by atoms with van der Waals surface area (Å²) in [5, 5.41) is 4.22. The first-order valence-electron chi connectivity index (χ1n) is 6.12. The first-order valence-corrected chi connectivity index (χ1v) is 6.93. The number of aryl methyl sites for hydroxylation is 1. The van der Waals surface area contributed by atoms with Gasteiger partial charge in [0.1, 0.15) is 16.4 Å². The summed E-state index contributed by atoms with van der Waals surface area (Å²) < 4.78 is 7.46. The van der Waals surface area contributed by atoms with Crippen molar-refractivity contribution in [3.05, 3.63) is 48.2 Å². The molecule has 3 aromatic heterocycles. The van der Waals surface area contributed by atoms with Crippen LogP contribution in [0.1, 0.15) is 11.5 Å². The van der Waals surface area contributed by atoms with Gasteiger partial charge >= 0.3 is 0 Å². The van der Waals surface area contributed by atoms with Crippen molar-refractivity contribution in [2.45, 2.75) is 23.4 Å². The topological polar surface area (TPSA) is 42.5 Å². The van der Waals surface area contributed by atoms with Gasteiger partial charge in [-0.2, -0.15) is 0 Å². The Labute approximate surface area is 115 Å². The number of pyridine rings is 1. The quantitative estimate of drug-likeness (QED) is 0.793. The van der Waals surface area contributed by atoms with Gasteiger partial charge in [-0.25, -0.2) is 4.98 Å². The third kappa shape index (κ3) is 2.27. The monoisotopic (exact) mass is 273 g/mol. The minimum Gasteiger partial charge on any atom is -0.468 e. The zero-order valence-corrected chi connectivity index (χ0v) is 11.7. The summed E-state index contributed by atoms with van der Waals surface area (Å²) in [6.07, 6.45) is 3.76. The van der Waals surface area contributed by atoms with Crippen LogP contribution in [0.2, 0.25) is 0 Å². The Morgan fingerprint density at radius 3 is 3.00 bits per heavy atom. The second-order valence-electron chi connectivity index (χ2n) is 4.27. The minimum atomic E-state index is 0.782. The van der Waals surface area contributed by atoms with Crippen LogP contribution in [0.4, 0.5) is 0 Å². The molecule has 0 aliphatic heterocycles. The highest BCUT2D eigenvalue weighted by Gasteiger charge is 2.14. The van der Waals surface area contributed by atoms with Gasteiger partial charge in [-0.3, -0.25) is 0 Å². The summed E-state index contributed by atoms with van der Waals surface area (Å²) in [5.74, 6) is 0.928. The molecule has 0 spiro atoms. The number of hydrogen-bond donors (Lipinski definition) is 1. The molecule has 0 aromatic carbocycles. The van der Waals surface area contributed by atoms with E-state index in [-0.39, 0.29) is 0 Å². The zero-order chi connectivity index (χ0) is 13.2. The number of rotatable bonds is 4. The van der Waals surface area contributed by atoms with E-state index in [0.717, 1.165) is 27.9 Å². The highest BCUT2D eigenvalue weighted by Crippen LogP contribution is 2.33. The van der Waals surface area contributed by atoms with Crippen LogP contribution in [0.5, 0.6) is 0 Å². The van der Waals surface area contributed by atoms with E-state index < -0.39 is 0 Å². The molecule has 0 radical (unpaired) electrons. The minimum absolute atomic E-state index is 0.782. The third-order valence-corrected chi connectivity index (χ3v) is 4.12. The summed E-state index contributed by atoms with van der Waals surface area (Å²) >= 11 is 1.65. The SMILES string of the molecule is CNCc1c(Sc2ccoc2C)nc2ccccn12. The largest absolute Gasteiger partial charge is 0.468 e. The van der Waals surface area contributed by atoms with Crippen LogP contribution in [0.3, 0.4) is 0 Å². The van der Waals surface area contributed by atoms with Gasteiger partial charge in [-0.05, 0) is 32.2 Å². The molecular formula is C14H15N3OS. The van der Waals surface area contributed by atoms with Crippen molar-refractivity contribution in [2.75, 3.05) is 7.05 Å². The Balaban J connectivity index is 2.07. The first kappa shape index (κ1) is 12.3. The molecule has 19 heavy (non-hydrogen) atoms. The lowest BCUT2D eigenvalue weighted by Crippen LogP contribution is -2.08. The zero-order valence-electron chi connectivity index (χ0n) is 10.9. The summed E-state index contributed by atoms with van der Waals surface area (Å²) in [6, 6.07) is 8.02. The van der Waals surface area contributed by atoms with Crippen LogP contribution in [0, 0.1) is 6.92 Å². The van der Waals surface area contributed by atoms with E-state index in [1.807, 2.05) is 44.4 Å². The molecule has 98 valence electrons. The van der Waals surface area contributed by atoms with E-state index in [2.05, 4.69) is 9.72 Å². The Kier molecular flexibility index (Phi) is 3.31. The molecule has 3 aromatic rings. The Morgan fingerprint density at radius 1 is 1.37 bits per heavy atom. The van der Waals surface area contributed by atoms with E-state index in [0.29, 0.717) is 0 Å². The molecular weight excluding hydrogens is 258 g/mol. The molecule has 4 nitrogen and oxygen atoms in total. The lowest BCUT2D eigenvalue weighted by atomic mass is 10.4. The number of hydrogen-bond acceptors (Lipinski definition) is 4. The van der Waals surface area contributed by atoms with Gasteiger partial charge in [-0.15, -0.1) is 0 Å². The highest BCUT2D eigenvalue weighted by atomic mass is 32.2. The second kappa shape index (κ2) is 5.11. The van der Waals surface area contributed by atoms with Crippen LogP contribution < -0.4 is 5.32 Å². The van der Waals surface area contributed by atoms with Crippen LogP contribution >= 0.6 is 11.8 Å². The van der Waals surface area contributed by atoms with Gasteiger partial charge in [0.05, 0.1) is 16.9 Å². The molecule has 0 aliphatic rings. The van der Waals surface area contributed by atoms with Crippen LogP contribution in [0.25, 0.3) is 5.65 Å². The van der Waals surface area contributed by atoms with Crippen molar-refractivity contribution in [3.8, 4) is 0 Å². The van der Waals surface area contributed by atoms with Gasteiger partial charge < -0.3 is 14.1 Å². The van der Waals surface area contributed by atoms with E-state index in [1.165, 1.54) is 5.69 Å². The second-order valence-corrected chi connectivity index (χ2v) is 5.30. The third-order valence-electron chi connectivity index (χ3n) is 2.95. The lowest BCUT2D eigenvalue weighted by molar-refractivity contribution is 0.527. The Bertz CT molecular complexity index is 702. The van der Waals surface area contributed by atoms with Gasteiger partial charge in [0, 0.05) is 12.7 Å². The van der Waals surface area contributed by atoms with E-state index >= 15 is 0 Å². The standard InChI is InChI=1S/C14H15N3OS/c1-10-12(6-8-18-10)19-14-11(9-15-2)17-7-4-3-5-13(17)16-14/h3-8,15H,9H2,1-2H3. The smallest absolute Gasteiger partial charge is 0.138 e. The highest BCUT2D eigenvalue weighted by molar-refractivity contribution is 7.99. The Hall–Kier alpha value is -1.72. The summed E-state index contributed by atoms with van der Waals surface area (Å²) in [4.78, 5) is 5.80. The fraction of sp³-hybridized carbons (Fsp3) is 0.214. The van der Waals surface area contributed by atoms with Crippen molar-refractivity contribution < 1.29 is 4.42 Å². The number of nitrogens with one attached hydrogen (secondary N) is 1. The van der Waals surface area contributed by atoms with Gasteiger partial charge in [0.25, 0.3) is 0 Å². The summed E-state index contributed by atoms with van der Waals surface area (Å²) in [6.45, 7) is 2.75. The van der Waals surface area contributed by atoms with Crippen LogP contribution in [-0.4, -0.2) is 16.4 Å². The number of aromatic nitrogens is 2. The maximum absolute atomic E-state index is 5.34. The predicted octanol–water partition coefficient (Wildman–Crippen LogP) is 3.11. The van der Waals surface area contributed by atoms with Gasteiger partial charge in [-0.1, -0.05) is 17.8 Å². The Morgan fingerprint density at radius 2 is 2.26 bits per heavy atom. The molecule has 0 saturated heterocycles. The molecule has 3 heterocycles. The summed E-state index contributed by atoms with van der Waals surface area (Å²) in [5.41, 5.74) is 2.14. The molecule has 3 rings (SSSR count). The van der Waals surface area contributed by atoms with Crippen molar-refractivity contribution in [3.63, 3.8) is 0 Å². The summed E-state index contributed by atoms with van der Waals surface area (Å²) in [7, 11) is 1.94. The number of fused-ring (bicyclic) bond motifs is 1. The average molecular weight is 273 g/mol. The van der Waals surface area contributed by atoms with Crippen molar-refractivity contribution in [2.24, 2.45) is 0 Å². The maximum atomic E-state index is 5.34. The number of furan rings is 1. The van der Waals surface area contributed by atoms with Gasteiger partial charge in [0.15, 0.2) is 0 Å². The lowest BCUT2D eigenvalue weighted by Gasteiger charge is -2.03. The van der Waals surface area contributed by atoms with E-state index in [4.69, 9.17) is 9.40 Å². The molecule has 0 atom stereocenters. The molecule has 5 heteroatoms. The fourth-order valence-corrected chi connectivity index (χ4v) is 2.97. The van der Waals surface area contributed by atoms with E-state index in [9.17, 15) is 0 Å². The molecule has 0 saturated carbocycles. The van der Waals surface area contributed by atoms with Crippen molar-refractivity contribution in [1.82, 2.24) is 14.7 Å². The fourth-order valence-electron chi connectivity index (χ4n) is 2.02. The van der Waals surface area contributed by atoms with Crippen LogP contribution in [0.15, 0.2) is 51.1 Å². The number of imidazole rings is 1. The molecule has 0 bridgehead atoms. The predicted molar refractivity (Wildman–Crippen MR) is 75.5 cm³/mol. The normalized spacial score (nSPS) is 11.3.